The first-order valence-electron chi connectivity index (χ1n) is 12.6. The fraction of sp³-hybridized carbons (Fsp3) is 0.310. The van der Waals surface area contributed by atoms with Crippen molar-refractivity contribution in [3.63, 3.8) is 0 Å². The Hall–Kier alpha value is -3.07. The molecule has 0 aliphatic rings. The smallest absolute Gasteiger partial charge is 0.264 e. The summed E-state index contributed by atoms with van der Waals surface area (Å²) in [4.78, 5) is 28.6. The predicted molar refractivity (Wildman–Crippen MR) is 157 cm³/mol. The molecular weight excluding hydrogens is 557 g/mol. The van der Waals surface area contributed by atoms with Gasteiger partial charge in [0.2, 0.25) is 11.8 Å². The van der Waals surface area contributed by atoms with E-state index in [-0.39, 0.29) is 39.1 Å². The number of aryl methyl sites for hydroxylation is 1. The van der Waals surface area contributed by atoms with Gasteiger partial charge in [0.1, 0.15) is 12.6 Å². The molecule has 0 saturated heterocycles. The van der Waals surface area contributed by atoms with Crippen LogP contribution in [-0.4, -0.2) is 43.8 Å². The minimum atomic E-state index is -4.23. The lowest BCUT2D eigenvalue weighted by Crippen LogP contribution is -2.53. The van der Waals surface area contributed by atoms with Crippen LogP contribution in [0.2, 0.25) is 10.0 Å². The number of hydrogen-bond donors (Lipinski definition) is 1. The van der Waals surface area contributed by atoms with Crippen LogP contribution in [0.1, 0.15) is 38.3 Å². The summed E-state index contributed by atoms with van der Waals surface area (Å²) in [7, 11) is -4.23. The van der Waals surface area contributed by atoms with E-state index in [1.54, 1.807) is 18.2 Å². The molecule has 0 aliphatic heterocycles. The molecule has 7 nitrogen and oxygen atoms in total. The van der Waals surface area contributed by atoms with Crippen molar-refractivity contribution in [3.8, 4) is 0 Å². The van der Waals surface area contributed by atoms with Gasteiger partial charge in [0, 0.05) is 17.6 Å². The Morgan fingerprint density at radius 1 is 0.949 bits per heavy atom. The van der Waals surface area contributed by atoms with Crippen LogP contribution in [-0.2, 0) is 26.2 Å². The Morgan fingerprint density at radius 3 is 2.26 bits per heavy atom. The largest absolute Gasteiger partial charge is 0.352 e. The van der Waals surface area contributed by atoms with Gasteiger partial charge < -0.3 is 10.2 Å². The summed E-state index contributed by atoms with van der Waals surface area (Å²) in [5.41, 5.74) is 1.88. The minimum Gasteiger partial charge on any atom is -0.352 e. The summed E-state index contributed by atoms with van der Waals surface area (Å²) in [6.07, 6.45) is 0.333. The molecule has 0 saturated carbocycles. The molecule has 0 heterocycles. The number of hydrogen-bond acceptors (Lipinski definition) is 4. The highest BCUT2D eigenvalue weighted by Crippen LogP contribution is 2.33. The summed E-state index contributed by atoms with van der Waals surface area (Å²) < 4.78 is 28.7. The molecule has 0 radical (unpaired) electrons. The number of benzene rings is 3. The standard InChI is InChI=1S/C29H33Cl2N3O4S/c1-5-26(29(36)32-20(2)3)33(18-22-11-9-10-21(4)16-22)28(35)19-34(27-17-23(30)14-15-25(27)31)39(37,38)24-12-7-6-8-13-24/h6-17,20,26H,5,18-19H2,1-4H3,(H,32,36)/t26-/m0/s1. The number of anilines is 1. The Balaban J connectivity index is 2.10. The number of amides is 2. The fourth-order valence-corrected chi connectivity index (χ4v) is 6.10. The average Bonchev–Trinajstić information content (AvgIpc) is 2.88. The molecule has 208 valence electrons. The molecule has 0 aliphatic carbocycles. The van der Waals surface area contributed by atoms with E-state index in [1.165, 1.54) is 35.2 Å². The highest BCUT2D eigenvalue weighted by molar-refractivity contribution is 7.92. The van der Waals surface area contributed by atoms with Crippen molar-refractivity contribution in [1.82, 2.24) is 10.2 Å². The molecule has 39 heavy (non-hydrogen) atoms. The summed E-state index contributed by atoms with van der Waals surface area (Å²) in [6, 6.07) is 18.9. The van der Waals surface area contributed by atoms with Gasteiger partial charge in [0.05, 0.1) is 15.6 Å². The third-order valence-corrected chi connectivity index (χ3v) is 8.37. The molecule has 3 aromatic rings. The summed E-state index contributed by atoms with van der Waals surface area (Å²) >= 11 is 12.7. The second kappa shape index (κ2) is 13.3. The van der Waals surface area contributed by atoms with E-state index in [1.807, 2.05) is 52.0 Å². The van der Waals surface area contributed by atoms with Crippen LogP contribution >= 0.6 is 23.2 Å². The van der Waals surface area contributed by atoms with Crippen molar-refractivity contribution in [2.75, 3.05) is 10.8 Å². The van der Waals surface area contributed by atoms with Crippen molar-refractivity contribution in [3.05, 3.63) is 94.0 Å². The Bertz CT molecular complexity index is 1420. The SMILES string of the molecule is CC[C@@H](C(=O)NC(C)C)N(Cc1cccc(C)c1)C(=O)CN(c1cc(Cl)ccc1Cl)S(=O)(=O)c1ccccc1. The molecule has 0 bridgehead atoms. The maximum Gasteiger partial charge on any atom is 0.264 e. The van der Waals surface area contributed by atoms with Crippen LogP contribution in [0, 0.1) is 6.92 Å². The van der Waals surface area contributed by atoms with Crippen LogP contribution < -0.4 is 9.62 Å². The van der Waals surface area contributed by atoms with Gasteiger partial charge in [-0.3, -0.25) is 13.9 Å². The van der Waals surface area contributed by atoms with Gasteiger partial charge in [-0.05, 0) is 63.1 Å². The highest BCUT2D eigenvalue weighted by atomic mass is 35.5. The first kappa shape index (κ1) is 30.5. The van der Waals surface area contributed by atoms with Crippen LogP contribution in [0.3, 0.4) is 0 Å². The van der Waals surface area contributed by atoms with Crippen molar-refractivity contribution >= 4 is 50.7 Å². The molecule has 3 aromatic carbocycles. The normalized spacial score (nSPS) is 12.2. The van der Waals surface area contributed by atoms with Crippen LogP contribution in [0.5, 0.6) is 0 Å². The summed E-state index contributed by atoms with van der Waals surface area (Å²) in [5, 5.41) is 3.25. The number of nitrogens with zero attached hydrogens (tertiary/aromatic N) is 2. The van der Waals surface area contributed by atoms with E-state index in [0.29, 0.717) is 6.42 Å². The predicted octanol–water partition coefficient (Wildman–Crippen LogP) is 5.83. The molecular formula is C29H33Cl2N3O4S. The number of sulfonamides is 1. The third-order valence-electron chi connectivity index (χ3n) is 6.04. The number of carbonyl (C=O) groups is 2. The van der Waals surface area contributed by atoms with E-state index < -0.39 is 28.5 Å². The lowest BCUT2D eigenvalue weighted by Gasteiger charge is -2.33. The van der Waals surface area contributed by atoms with Crippen LogP contribution in [0.4, 0.5) is 5.69 Å². The highest BCUT2D eigenvalue weighted by Gasteiger charge is 2.34. The third kappa shape index (κ3) is 7.75. The van der Waals surface area contributed by atoms with Gasteiger partial charge in [-0.1, -0.05) is 78.2 Å². The maximum absolute atomic E-state index is 14.0. The number of halogens is 2. The van der Waals surface area contributed by atoms with Crippen LogP contribution in [0.25, 0.3) is 0 Å². The Kier molecular flexibility index (Phi) is 10.4. The number of rotatable bonds is 11. The zero-order valence-corrected chi connectivity index (χ0v) is 24.7. The van der Waals surface area contributed by atoms with Crippen molar-refractivity contribution in [1.29, 1.82) is 0 Å². The first-order chi connectivity index (χ1) is 18.4. The molecule has 0 fully saturated rings. The molecule has 0 unspecified atom stereocenters. The van der Waals surface area contributed by atoms with Crippen molar-refractivity contribution < 1.29 is 18.0 Å². The minimum absolute atomic E-state index is 0.0105. The fourth-order valence-electron chi connectivity index (χ4n) is 4.22. The average molecular weight is 591 g/mol. The molecule has 0 spiro atoms. The monoisotopic (exact) mass is 589 g/mol. The van der Waals surface area contributed by atoms with E-state index in [2.05, 4.69) is 5.32 Å². The Morgan fingerprint density at radius 2 is 1.64 bits per heavy atom. The second-order valence-electron chi connectivity index (χ2n) is 9.52. The van der Waals surface area contributed by atoms with Crippen molar-refractivity contribution in [2.24, 2.45) is 0 Å². The van der Waals surface area contributed by atoms with Gasteiger partial charge in [-0.25, -0.2) is 8.42 Å². The zero-order valence-electron chi connectivity index (χ0n) is 22.4. The van der Waals surface area contributed by atoms with Crippen LogP contribution in [0.15, 0.2) is 77.7 Å². The molecule has 3 rings (SSSR count). The topological polar surface area (TPSA) is 86.8 Å². The number of nitrogens with one attached hydrogen (secondary N) is 1. The first-order valence-corrected chi connectivity index (χ1v) is 14.8. The molecule has 1 N–H and O–H groups in total. The number of carbonyl (C=O) groups excluding carboxylic acids is 2. The van der Waals surface area contributed by atoms with Gasteiger partial charge in [0.25, 0.3) is 10.0 Å². The molecule has 0 aromatic heterocycles. The second-order valence-corrected chi connectivity index (χ2v) is 12.2. The van der Waals surface area contributed by atoms with Gasteiger partial charge >= 0.3 is 0 Å². The molecule has 2 amide bonds. The van der Waals surface area contributed by atoms with Crippen molar-refractivity contribution in [2.45, 2.75) is 57.6 Å². The lowest BCUT2D eigenvalue weighted by atomic mass is 10.1. The van der Waals surface area contributed by atoms with Gasteiger partial charge in [0.15, 0.2) is 0 Å². The zero-order chi connectivity index (χ0) is 28.7. The molecule has 1 atom stereocenters. The van der Waals surface area contributed by atoms with E-state index in [9.17, 15) is 18.0 Å². The van der Waals surface area contributed by atoms with Gasteiger partial charge in [-0.2, -0.15) is 0 Å². The van der Waals surface area contributed by atoms with E-state index >= 15 is 0 Å². The molecule has 10 heteroatoms. The van der Waals surface area contributed by atoms with Gasteiger partial charge in [-0.15, -0.1) is 0 Å². The maximum atomic E-state index is 14.0. The summed E-state index contributed by atoms with van der Waals surface area (Å²) in [6.45, 7) is 6.96. The lowest BCUT2D eigenvalue weighted by molar-refractivity contribution is -0.140. The van der Waals surface area contributed by atoms with E-state index in [0.717, 1.165) is 15.4 Å². The quantitative estimate of drug-likeness (QED) is 0.305. The Labute approximate surface area is 240 Å². The van der Waals surface area contributed by atoms with E-state index in [4.69, 9.17) is 23.2 Å². The summed E-state index contributed by atoms with van der Waals surface area (Å²) in [5.74, 6) is -0.871.